The molecule has 0 unspecified atom stereocenters. The fourth-order valence-electron chi connectivity index (χ4n) is 3.10. The molecule has 0 bridgehead atoms. The number of carbonyl (C=O) groups is 1. The predicted octanol–water partition coefficient (Wildman–Crippen LogP) is 3.37. The SMILES string of the molecule is Nc1cccc2c1N(C(=O)c1cc(Br)cn1C1CC1)CC2. The van der Waals surface area contributed by atoms with E-state index in [0.717, 1.165) is 40.7 Å². The van der Waals surface area contributed by atoms with E-state index in [1.165, 1.54) is 0 Å². The lowest BCUT2D eigenvalue weighted by atomic mass is 10.1. The molecule has 1 aliphatic heterocycles. The standard InChI is InChI=1S/C16H16BrN3O/c17-11-8-14(20(9-11)12-4-5-12)16(21)19-7-6-10-2-1-3-13(18)15(10)19/h1-3,8-9,12H,4-7,18H2. The molecule has 108 valence electrons. The first-order chi connectivity index (χ1) is 10.1. The van der Waals surface area contributed by atoms with Crippen LogP contribution in [0.5, 0.6) is 0 Å². The van der Waals surface area contributed by atoms with Crippen LogP contribution in [0.25, 0.3) is 0 Å². The number of carbonyl (C=O) groups excluding carboxylic acids is 1. The topological polar surface area (TPSA) is 51.3 Å². The Bertz CT molecular complexity index is 733. The zero-order valence-corrected chi connectivity index (χ0v) is 13.1. The second kappa shape index (κ2) is 4.63. The Balaban J connectivity index is 1.74. The molecule has 0 spiro atoms. The van der Waals surface area contributed by atoms with Gasteiger partial charge in [-0.2, -0.15) is 0 Å². The summed E-state index contributed by atoms with van der Waals surface area (Å²) in [5.74, 6) is 0.0456. The van der Waals surface area contributed by atoms with Crippen molar-refractivity contribution in [1.82, 2.24) is 4.57 Å². The van der Waals surface area contributed by atoms with E-state index in [1.807, 2.05) is 29.3 Å². The summed E-state index contributed by atoms with van der Waals surface area (Å²) >= 11 is 3.49. The molecule has 1 amide bonds. The Morgan fingerprint density at radius 2 is 2.14 bits per heavy atom. The van der Waals surface area contributed by atoms with Crippen LogP contribution in [0.15, 0.2) is 34.9 Å². The van der Waals surface area contributed by atoms with Crippen molar-refractivity contribution in [2.75, 3.05) is 17.2 Å². The van der Waals surface area contributed by atoms with E-state index >= 15 is 0 Å². The first-order valence-electron chi connectivity index (χ1n) is 7.22. The smallest absolute Gasteiger partial charge is 0.275 e. The number of hydrogen-bond acceptors (Lipinski definition) is 2. The molecule has 2 heterocycles. The van der Waals surface area contributed by atoms with Crippen LogP contribution in [-0.4, -0.2) is 17.0 Å². The zero-order valence-electron chi connectivity index (χ0n) is 11.6. The van der Waals surface area contributed by atoms with E-state index in [1.54, 1.807) is 0 Å². The molecule has 1 fully saturated rings. The minimum atomic E-state index is 0.0456. The fourth-order valence-corrected chi connectivity index (χ4v) is 3.54. The number of nitrogens with zero attached hydrogens (tertiary/aromatic N) is 2. The highest BCUT2D eigenvalue weighted by Gasteiger charge is 2.32. The molecule has 0 atom stereocenters. The number of amides is 1. The van der Waals surface area contributed by atoms with Crippen molar-refractivity contribution >= 4 is 33.2 Å². The van der Waals surface area contributed by atoms with Crippen LogP contribution < -0.4 is 10.6 Å². The van der Waals surface area contributed by atoms with Gasteiger partial charge in [-0.25, -0.2) is 0 Å². The summed E-state index contributed by atoms with van der Waals surface area (Å²) in [6.45, 7) is 0.704. The minimum absolute atomic E-state index is 0.0456. The normalized spacial score (nSPS) is 17.1. The lowest BCUT2D eigenvalue weighted by Crippen LogP contribution is -2.31. The van der Waals surface area contributed by atoms with Crippen molar-refractivity contribution in [3.8, 4) is 0 Å². The Labute approximate surface area is 131 Å². The average Bonchev–Trinajstić information content (AvgIpc) is 3.09. The lowest BCUT2D eigenvalue weighted by Gasteiger charge is -2.20. The average molecular weight is 346 g/mol. The summed E-state index contributed by atoms with van der Waals surface area (Å²) in [7, 11) is 0. The van der Waals surface area contributed by atoms with Gasteiger partial charge in [0, 0.05) is 23.3 Å². The number of aromatic nitrogens is 1. The van der Waals surface area contributed by atoms with Gasteiger partial charge in [0.1, 0.15) is 5.69 Å². The molecule has 2 aromatic rings. The van der Waals surface area contributed by atoms with Gasteiger partial charge in [0.25, 0.3) is 5.91 Å². The summed E-state index contributed by atoms with van der Waals surface area (Å²) in [6.07, 6.45) is 5.19. The molecule has 0 saturated heterocycles. The van der Waals surface area contributed by atoms with Gasteiger partial charge in [0.2, 0.25) is 0 Å². The maximum atomic E-state index is 13.0. The number of rotatable bonds is 2. The minimum Gasteiger partial charge on any atom is -0.397 e. The van der Waals surface area contributed by atoms with Crippen LogP contribution in [0.3, 0.4) is 0 Å². The van der Waals surface area contributed by atoms with Crippen LogP contribution >= 0.6 is 15.9 Å². The summed E-state index contributed by atoms with van der Waals surface area (Å²) in [4.78, 5) is 14.8. The number of hydrogen-bond donors (Lipinski definition) is 1. The van der Waals surface area contributed by atoms with Crippen molar-refractivity contribution < 1.29 is 4.79 Å². The maximum Gasteiger partial charge on any atom is 0.275 e. The number of anilines is 2. The molecule has 2 aliphatic rings. The Morgan fingerprint density at radius 1 is 1.33 bits per heavy atom. The number of nitrogen functional groups attached to an aromatic ring is 1. The highest BCUT2D eigenvalue weighted by atomic mass is 79.9. The third kappa shape index (κ3) is 2.07. The highest BCUT2D eigenvalue weighted by Crippen LogP contribution is 2.39. The quantitative estimate of drug-likeness (QED) is 0.848. The largest absolute Gasteiger partial charge is 0.397 e. The lowest BCUT2D eigenvalue weighted by molar-refractivity contribution is 0.0980. The number of fused-ring (bicyclic) bond motifs is 1. The summed E-state index contributed by atoms with van der Waals surface area (Å²) in [5.41, 5.74) is 9.57. The van der Waals surface area contributed by atoms with Gasteiger partial charge >= 0.3 is 0 Å². The molecular weight excluding hydrogens is 330 g/mol. The van der Waals surface area contributed by atoms with Crippen LogP contribution in [0.4, 0.5) is 11.4 Å². The van der Waals surface area contributed by atoms with Gasteiger partial charge in [-0.3, -0.25) is 4.79 Å². The molecule has 0 radical (unpaired) electrons. The Hall–Kier alpha value is -1.75. The monoisotopic (exact) mass is 345 g/mol. The van der Waals surface area contributed by atoms with Crippen molar-refractivity contribution in [1.29, 1.82) is 0 Å². The second-order valence-electron chi connectivity index (χ2n) is 5.74. The van der Waals surface area contributed by atoms with E-state index in [4.69, 9.17) is 5.73 Å². The van der Waals surface area contributed by atoms with Crippen LogP contribution in [0.2, 0.25) is 0 Å². The van der Waals surface area contributed by atoms with Gasteiger partial charge < -0.3 is 15.2 Å². The molecule has 1 saturated carbocycles. The first kappa shape index (κ1) is 13.0. The number of nitrogens with two attached hydrogens (primary N) is 1. The maximum absolute atomic E-state index is 13.0. The van der Waals surface area contributed by atoms with Crippen LogP contribution in [-0.2, 0) is 6.42 Å². The summed E-state index contributed by atoms with van der Waals surface area (Å²) in [5, 5.41) is 0. The predicted molar refractivity (Wildman–Crippen MR) is 86.6 cm³/mol. The van der Waals surface area contributed by atoms with E-state index < -0.39 is 0 Å². The van der Waals surface area contributed by atoms with Gasteiger partial charge in [-0.1, -0.05) is 12.1 Å². The molecule has 4 nitrogen and oxygen atoms in total. The van der Waals surface area contributed by atoms with Crippen molar-refractivity contribution in [2.45, 2.75) is 25.3 Å². The number of para-hydroxylation sites is 1. The third-order valence-corrected chi connectivity index (χ3v) is 4.68. The zero-order chi connectivity index (χ0) is 14.6. The first-order valence-corrected chi connectivity index (χ1v) is 8.01. The molecular formula is C16H16BrN3O. The summed E-state index contributed by atoms with van der Waals surface area (Å²) < 4.78 is 3.06. The molecule has 1 aromatic carbocycles. The van der Waals surface area contributed by atoms with Crippen molar-refractivity contribution in [3.63, 3.8) is 0 Å². The second-order valence-corrected chi connectivity index (χ2v) is 6.66. The van der Waals surface area contributed by atoms with Crippen LogP contribution in [0.1, 0.15) is 34.9 Å². The molecule has 1 aromatic heterocycles. The van der Waals surface area contributed by atoms with Gasteiger partial charge in [0.15, 0.2) is 0 Å². The van der Waals surface area contributed by atoms with Crippen molar-refractivity contribution in [3.05, 3.63) is 46.2 Å². The Kier molecular flexibility index (Phi) is 2.85. The van der Waals surface area contributed by atoms with Gasteiger partial charge in [-0.15, -0.1) is 0 Å². The molecule has 4 rings (SSSR count). The van der Waals surface area contributed by atoms with E-state index in [9.17, 15) is 4.79 Å². The molecule has 5 heteroatoms. The number of halogens is 1. The van der Waals surface area contributed by atoms with E-state index in [2.05, 4.69) is 26.6 Å². The molecule has 2 N–H and O–H groups in total. The fraction of sp³-hybridized carbons (Fsp3) is 0.312. The van der Waals surface area contributed by atoms with E-state index in [0.29, 0.717) is 18.3 Å². The highest BCUT2D eigenvalue weighted by molar-refractivity contribution is 9.10. The van der Waals surface area contributed by atoms with Crippen LogP contribution in [0, 0.1) is 0 Å². The number of benzene rings is 1. The molecule has 1 aliphatic carbocycles. The summed E-state index contributed by atoms with van der Waals surface area (Å²) in [6, 6.07) is 8.25. The third-order valence-electron chi connectivity index (χ3n) is 4.25. The van der Waals surface area contributed by atoms with Gasteiger partial charge in [-0.05, 0) is 52.9 Å². The molecule has 21 heavy (non-hydrogen) atoms. The van der Waals surface area contributed by atoms with Crippen molar-refractivity contribution in [2.24, 2.45) is 0 Å². The Morgan fingerprint density at radius 3 is 2.90 bits per heavy atom. The van der Waals surface area contributed by atoms with E-state index in [-0.39, 0.29) is 5.91 Å². The van der Waals surface area contributed by atoms with Gasteiger partial charge in [0.05, 0.1) is 11.4 Å².